The lowest BCUT2D eigenvalue weighted by Crippen LogP contribution is -2.33. The topological polar surface area (TPSA) is 98.5 Å². The highest BCUT2D eigenvalue weighted by Crippen LogP contribution is 2.12. The summed E-state index contributed by atoms with van der Waals surface area (Å²) in [6, 6.07) is 14.6. The van der Waals surface area contributed by atoms with Gasteiger partial charge in [-0.15, -0.1) is 0 Å². The molecular weight excluding hydrogens is 316 g/mol. The Kier molecular flexibility index (Phi) is 5.36. The second-order valence-corrected chi connectivity index (χ2v) is 6.75. The highest BCUT2D eigenvalue weighted by molar-refractivity contribution is 7.89. The molecule has 23 heavy (non-hydrogen) atoms. The van der Waals surface area contributed by atoms with Gasteiger partial charge in [-0.2, -0.15) is 0 Å². The molecule has 1 atom stereocenters. The number of sulfonamides is 1. The molecule has 1 amide bonds. The fraction of sp³-hybridized carbons (Fsp3) is 0.188. The van der Waals surface area contributed by atoms with Gasteiger partial charge in [-0.25, -0.2) is 13.1 Å². The first-order valence-electron chi connectivity index (χ1n) is 7.00. The SMILES string of the molecule is CC(CNS(=O)(=O)c1ccc(C(N)=O)cc1)Oc1ccccc1. The number of primary amides is 1. The van der Waals surface area contributed by atoms with E-state index in [9.17, 15) is 13.2 Å². The van der Waals surface area contributed by atoms with E-state index in [1.54, 1.807) is 19.1 Å². The largest absolute Gasteiger partial charge is 0.489 e. The van der Waals surface area contributed by atoms with E-state index in [0.29, 0.717) is 5.75 Å². The third-order valence-corrected chi connectivity index (χ3v) is 4.53. The van der Waals surface area contributed by atoms with E-state index in [0.717, 1.165) is 0 Å². The Morgan fingerprint density at radius 1 is 1.13 bits per heavy atom. The van der Waals surface area contributed by atoms with E-state index in [1.165, 1.54) is 24.3 Å². The van der Waals surface area contributed by atoms with E-state index < -0.39 is 15.9 Å². The molecule has 2 aromatic carbocycles. The van der Waals surface area contributed by atoms with Crippen LogP contribution in [0.3, 0.4) is 0 Å². The number of nitrogens with one attached hydrogen (secondary N) is 1. The normalized spacial score (nSPS) is 12.6. The molecule has 7 heteroatoms. The Bertz CT molecular complexity index is 758. The van der Waals surface area contributed by atoms with Gasteiger partial charge in [0.15, 0.2) is 0 Å². The Morgan fingerprint density at radius 3 is 2.30 bits per heavy atom. The molecule has 0 fully saturated rings. The molecule has 0 saturated heterocycles. The number of carbonyl (C=O) groups is 1. The third kappa shape index (κ3) is 4.80. The van der Waals surface area contributed by atoms with Gasteiger partial charge < -0.3 is 10.5 Å². The van der Waals surface area contributed by atoms with Crippen molar-refractivity contribution < 1.29 is 17.9 Å². The molecule has 0 bridgehead atoms. The summed E-state index contributed by atoms with van der Waals surface area (Å²) >= 11 is 0. The molecule has 1 unspecified atom stereocenters. The zero-order chi connectivity index (χ0) is 16.9. The average Bonchev–Trinajstić information content (AvgIpc) is 2.54. The van der Waals surface area contributed by atoms with Crippen LogP contribution in [0, 0.1) is 0 Å². The van der Waals surface area contributed by atoms with E-state index in [2.05, 4.69) is 4.72 Å². The van der Waals surface area contributed by atoms with Crippen LogP contribution in [0.5, 0.6) is 5.75 Å². The molecule has 122 valence electrons. The Morgan fingerprint density at radius 2 is 1.74 bits per heavy atom. The lowest BCUT2D eigenvalue weighted by atomic mass is 10.2. The number of amides is 1. The third-order valence-electron chi connectivity index (χ3n) is 3.09. The molecule has 0 spiro atoms. The standard InChI is InChI=1S/C16H18N2O4S/c1-12(22-14-5-3-2-4-6-14)11-18-23(20,21)15-9-7-13(8-10-15)16(17)19/h2-10,12,18H,11H2,1H3,(H2,17,19). The van der Waals surface area contributed by atoms with Crippen LogP contribution in [0.2, 0.25) is 0 Å². The molecule has 2 aromatic rings. The van der Waals surface area contributed by atoms with Crippen LogP contribution in [-0.4, -0.2) is 27.0 Å². The molecule has 3 N–H and O–H groups in total. The zero-order valence-corrected chi connectivity index (χ0v) is 13.4. The number of para-hydroxylation sites is 1. The molecule has 0 aliphatic rings. The molecule has 0 aliphatic heterocycles. The van der Waals surface area contributed by atoms with Crippen molar-refractivity contribution in [2.45, 2.75) is 17.9 Å². The van der Waals surface area contributed by atoms with Crippen LogP contribution >= 0.6 is 0 Å². The summed E-state index contributed by atoms with van der Waals surface area (Å²) in [5.74, 6) is 0.0665. The van der Waals surface area contributed by atoms with E-state index >= 15 is 0 Å². The lowest BCUT2D eigenvalue weighted by Gasteiger charge is -2.15. The first kappa shape index (κ1) is 17.0. The average molecular weight is 334 g/mol. The highest BCUT2D eigenvalue weighted by Gasteiger charge is 2.16. The summed E-state index contributed by atoms with van der Waals surface area (Å²) in [5.41, 5.74) is 5.38. The van der Waals surface area contributed by atoms with Crippen molar-refractivity contribution in [1.82, 2.24) is 4.72 Å². The van der Waals surface area contributed by atoms with Crippen LogP contribution in [0.1, 0.15) is 17.3 Å². The van der Waals surface area contributed by atoms with Crippen molar-refractivity contribution in [3.05, 3.63) is 60.2 Å². The van der Waals surface area contributed by atoms with Gasteiger partial charge in [0, 0.05) is 12.1 Å². The summed E-state index contributed by atoms with van der Waals surface area (Å²) in [5, 5.41) is 0. The van der Waals surface area contributed by atoms with Crippen molar-refractivity contribution in [2.24, 2.45) is 5.73 Å². The second kappa shape index (κ2) is 7.26. The maximum Gasteiger partial charge on any atom is 0.248 e. The molecule has 6 nitrogen and oxygen atoms in total. The molecular formula is C16H18N2O4S. The lowest BCUT2D eigenvalue weighted by molar-refractivity contribution is 0.1000. The van der Waals surface area contributed by atoms with Gasteiger partial charge in [-0.1, -0.05) is 18.2 Å². The Labute approximate surface area is 135 Å². The number of hydrogen-bond donors (Lipinski definition) is 2. The van der Waals surface area contributed by atoms with Crippen molar-refractivity contribution >= 4 is 15.9 Å². The van der Waals surface area contributed by atoms with Crippen LogP contribution in [-0.2, 0) is 10.0 Å². The van der Waals surface area contributed by atoms with Crippen molar-refractivity contribution in [3.8, 4) is 5.75 Å². The second-order valence-electron chi connectivity index (χ2n) is 4.98. The Balaban J connectivity index is 1.96. The quantitative estimate of drug-likeness (QED) is 0.802. The molecule has 0 aromatic heterocycles. The number of hydrogen-bond acceptors (Lipinski definition) is 4. The minimum Gasteiger partial charge on any atom is -0.489 e. The number of benzene rings is 2. The first-order valence-corrected chi connectivity index (χ1v) is 8.48. The number of nitrogens with two attached hydrogens (primary N) is 1. The maximum absolute atomic E-state index is 12.2. The molecule has 2 rings (SSSR count). The molecule has 0 heterocycles. The zero-order valence-electron chi connectivity index (χ0n) is 12.6. The van der Waals surface area contributed by atoms with Crippen LogP contribution in [0.25, 0.3) is 0 Å². The molecule has 0 aliphatic carbocycles. The van der Waals surface area contributed by atoms with Crippen LogP contribution < -0.4 is 15.2 Å². The number of ether oxygens (including phenoxy) is 1. The van der Waals surface area contributed by atoms with Gasteiger partial charge in [0.25, 0.3) is 0 Å². The summed E-state index contributed by atoms with van der Waals surface area (Å²) in [6.45, 7) is 1.89. The summed E-state index contributed by atoms with van der Waals surface area (Å²) in [4.78, 5) is 11.1. The van der Waals surface area contributed by atoms with E-state index in [1.807, 2.05) is 18.2 Å². The van der Waals surface area contributed by atoms with Crippen molar-refractivity contribution in [1.29, 1.82) is 0 Å². The number of carbonyl (C=O) groups excluding carboxylic acids is 1. The maximum atomic E-state index is 12.2. The minimum atomic E-state index is -3.67. The summed E-state index contributed by atoms with van der Waals surface area (Å²) in [6.07, 6.45) is -0.336. The van der Waals surface area contributed by atoms with Crippen molar-refractivity contribution in [3.63, 3.8) is 0 Å². The van der Waals surface area contributed by atoms with Gasteiger partial charge in [-0.3, -0.25) is 4.79 Å². The first-order chi connectivity index (χ1) is 10.9. The van der Waals surface area contributed by atoms with E-state index in [4.69, 9.17) is 10.5 Å². The van der Waals surface area contributed by atoms with Gasteiger partial charge in [0.2, 0.25) is 15.9 Å². The van der Waals surface area contributed by atoms with Gasteiger partial charge in [0.05, 0.1) is 4.90 Å². The van der Waals surface area contributed by atoms with Crippen molar-refractivity contribution in [2.75, 3.05) is 6.54 Å². The van der Waals surface area contributed by atoms with E-state index in [-0.39, 0.29) is 23.1 Å². The predicted octanol–water partition coefficient (Wildman–Crippen LogP) is 1.53. The molecule has 0 radical (unpaired) electrons. The van der Waals surface area contributed by atoms with Gasteiger partial charge in [0.1, 0.15) is 11.9 Å². The minimum absolute atomic E-state index is 0.0643. The summed E-state index contributed by atoms with van der Waals surface area (Å²) < 4.78 is 32.5. The highest BCUT2D eigenvalue weighted by atomic mass is 32.2. The van der Waals surface area contributed by atoms with Gasteiger partial charge in [-0.05, 0) is 43.3 Å². The fourth-order valence-corrected chi connectivity index (χ4v) is 3.00. The summed E-state index contributed by atoms with van der Waals surface area (Å²) in [7, 11) is -3.67. The molecule has 0 saturated carbocycles. The monoisotopic (exact) mass is 334 g/mol. The van der Waals surface area contributed by atoms with Crippen LogP contribution in [0.4, 0.5) is 0 Å². The van der Waals surface area contributed by atoms with Gasteiger partial charge >= 0.3 is 0 Å². The Hall–Kier alpha value is -2.38. The van der Waals surface area contributed by atoms with Crippen LogP contribution in [0.15, 0.2) is 59.5 Å². The number of rotatable bonds is 7. The fourth-order valence-electron chi connectivity index (χ4n) is 1.88. The smallest absolute Gasteiger partial charge is 0.248 e. The predicted molar refractivity (Wildman–Crippen MR) is 86.7 cm³/mol.